The molecule has 212 valence electrons. The maximum Gasteiger partial charge on any atom is 0.410 e. The first-order chi connectivity index (χ1) is 19.1. The van der Waals surface area contributed by atoms with Gasteiger partial charge in [-0.15, -0.1) is 0 Å². The Morgan fingerprint density at radius 1 is 0.950 bits per heavy atom. The van der Waals surface area contributed by atoms with Crippen LogP contribution in [0, 0.1) is 11.6 Å². The van der Waals surface area contributed by atoms with Crippen LogP contribution in [-0.4, -0.2) is 81.4 Å². The number of likely N-dealkylation sites (tertiary alicyclic amines) is 1. The number of benzene rings is 1. The number of pyridine rings is 1. The zero-order valence-electron chi connectivity index (χ0n) is 23.0. The van der Waals surface area contributed by atoms with Crippen LogP contribution in [0.15, 0.2) is 48.8 Å². The summed E-state index contributed by atoms with van der Waals surface area (Å²) in [6, 6.07) is 9.06. The molecule has 2 aliphatic rings. The minimum atomic E-state index is -0.765. The van der Waals surface area contributed by atoms with Gasteiger partial charge in [0.2, 0.25) is 0 Å². The molecule has 0 spiro atoms. The lowest BCUT2D eigenvalue weighted by atomic mass is 9.90. The third-order valence-electron chi connectivity index (χ3n) is 7.25. The van der Waals surface area contributed by atoms with Crippen LogP contribution in [0.4, 0.5) is 19.4 Å². The van der Waals surface area contributed by atoms with Crippen LogP contribution in [0.25, 0.3) is 5.69 Å². The zero-order valence-corrected chi connectivity index (χ0v) is 23.0. The fourth-order valence-corrected chi connectivity index (χ4v) is 5.27. The smallest absolute Gasteiger partial charge is 0.410 e. The molecular formula is C29H34F2N6O3. The maximum absolute atomic E-state index is 14.9. The first-order valence-corrected chi connectivity index (χ1v) is 13.6. The number of halogens is 2. The van der Waals surface area contributed by atoms with Gasteiger partial charge in [-0.2, -0.15) is 5.10 Å². The molecule has 0 N–H and O–H groups in total. The van der Waals surface area contributed by atoms with E-state index >= 15 is 0 Å². The normalized spacial score (nSPS) is 16.8. The molecule has 0 atom stereocenters. The number of rotatable bonds is 4. The van der Waals surface area contributed by atoms with E-state index < -0.39 is 17.2 Å². The van der Waals surface area contributed by atoms with Crippen molar-refractivity contribution in [2.45, 2.75) is 45.1 Å². The SMILES string of the molecule is CC(C)(C)OC(=O)N1CCC(c2c(C(=O)N3CCN(c4ccccn4)CC3)cnn2-c2ccc(F)cc2F)CC1. The molecular weight excluding hydrogens is 518 g/mol. The Balaban J connectivity index is 1.39. The summed E-state index contributed by atoms with van der Waals surface area (Å²) in [5.74, 6) is -0.939. The van der Waals surface area contributed by atoms with Crippen molar-refractivity contribution >= 4 is 17.8 Å². The number of aromatic nitrogens is 3. The molecule has 0 saturated carbocycles. The highest BCUT2D eigenvalue weighted by molar-refractivity contribution is 5.95. The third kappa shape index (κ3) is 5.93. The van der Waals surface area contributed by atoms with Crippen LogP contribution in [0.2, 0.25) is 0 Å². The van der Waals surface area contributed by atoms with Crippen LogP contribution in [0.1, 0.15) is 55.6 Å². The van der Waals surface area contributed by atoms with Crippen molar-refractivity contribution in [1.82, 2.24) is 24.6 Å². The van der Waals surface area contributed by atoms with Crippen LogP contribution in [0.5, 0.6) is 0 Å². The van der Waals surface area contributed by atoms with Crippen LogP contribution in [-0.2, 0) is 4.74 Å². The van der Waals surface area contributed by atoms with E-state index in [2.05, 4.69) is 15.0 Å². The van der Waals surface area contributed by atoms with Gasteiger partial charge in [0.25, 0.3) is 5.91 Å². The molecule has 0 aliphatic carbocycles. The number of nitrogens with zero attached hydrogens (tertiary/aromatic N) is 6. The third-order valence-corrected chi connectivity index (χ3v) is 7.25. The van der Waals surface area contributed by atoms with Crippen molar-refractivity contribution in [2.75, 3.05) is 44.2 Å². The molecule has 2 saturated heterocycles. The molecule has 9 nitrogen and oxygen atoms in total. The summed E-state index contributed by atoms with van der Waals surface area (Å²) in [5.41, 5.74) is 0.439. The minimum Gasteiger partial charge on any atom is -0.444 e. The lowest BCUT2D eigenvalue weighted by molar-refractivity contribution is 0.0203. The number of amides is 2. The number of piperidine rings is 1. The second kappa shape index (κ2) is 11.2. The van der Waals surface area contributed by atoms with Gasteiger partial charge in [-0.3, -0.25) is 4.79 Å². The summed E-state index contributed by atoms with van der Waals surface area (Å²) in [5, 5.41) is 4.41. The van der Waals surface area contributed by atoms with E-state index in [1.54, 1.807) is 16.0 Å². The van der Waals surface area contributed by atoms with Crippen molar-refractivity contribution in [3.63, 3.8) is 0 Å². The summed E-state index contributed by atoms with van der Waals surface area (Å²) in [4.78, 5) is 36.4. The lowest BCUT2D eigenvalue weighted by Gasteiger charge is -2.36. The second-order valence-electron chi connectivity index (χ2n) is 11.2. The van der Waals surface area contributed by atoms with Gasteiger partial charge in [-0.05, 0) is 57.9 Å². The van der Waals surface area contributed by atoms with Crippen LogP contribution < -0.4 is 4.90 Å². The maximum atomic E-state index is 14.9. The average molecular weight is 553 g/mol. The van der Waals surface area contributed by atoms with Gasteiger partial charge in [0, 0.05) is 57.4 Å². The molecule has 40 heavy (non-hydrogen) atoms. The molecule has 2 fully saturated rings. The standard InChI is InChI=1S/C29H34F2N6O3/c1-29(2,3)40-28(39)36-12-9-20(10-13-36)26-22(19-33-37(26)24-8-7-21(30)18-23(24)31)27(38)35-16-14-34(15-17-35)25-6-4-5-11-32-25/h4-8,11,18-20H,9-10,12-17H2,1-3H3. The van der Waals surface area contributed by atoms with Gasteiger partial charge in [0.1, 0.15) is 22.9 Å². The number of carbonyl (C=O) groups excluding carboxylic acids is 2. The van der Waals surface area contributed by atoms with Crippen LogP contribution in [0.3, 0.4) is 0 Å². The van der Waals surface area contributed by atoms with E-state index in [1.165, 1.54) is 23.0 Å². The molecule has 0 radical (unpaired) electrons. The Hall–Kier alpha value is -4.02. The molecule has 0 unspecified atom stereocenters. The highest BCUT2D eigenvalue weighted by Crippen LogP contribution is 2.34. The van der Waals surface area contributed by atoms with E-state index in [1.807, 2.05) is 39.0 Å². The highest BCUT2D eigenvalue weighted by Gasteiger charge is 2.34. The number of anilines is 1. The highest BCUT2D eigenvalue weighted by atomic mass is 19.1. The van der Waals surface area contributed by atoms with Gasteiger partial charge in [0.05, 0.1) is 17.5 Å². The average Bonchev–Trinajstić information content (AvgIpc) is 3.37. The van der Waals surface area contributed by atoms with E-state index in [4.69, 9.17) is 4.74 Å². The molecule has 4 heterocycles. The van der Waals surface area contributed by atoms with E-state index in [0.29, 0.717) is 63.4 Å². The Morgan fingerprint density at radius 2 is 1.68 bits per heavy atom. The van der Waals surface area contributed by atoms with Crippen molar-refractivity contribution in [3.05, 3.63) is 71.7 Å². The van der Waals surface area contributed by atoms with Gasteiger partial charge in [-0.25, -0.2) is 23.2 Å². The van der Waals surface area contributed by atoms with Crippen molar-refractivity contribution in [2.24, 2.45) is 0 Å². The molecule has 0 bridgehead atoms. The molecule has 2 aliphatic heterocycles. The topological polar surface area (TPSA) is 83.8 Å². The molecule has 3 aromatic rings. The Morgan fingerprint density at radius 3 is 2.30 bits per heavy atom. The number of ether oxygens (including phenoxy) is 1. The number of hydrogen-bond acceptors (Lipinski definition) is 6. The number of hydrogen-bond donors (Lipinski definition) is 0. The van der Waals surface area contributed by atoms with Gasteiger partial charge >= 0.3 is 6.09 Å². The van der Waals surface area contributed by atoms with Gasteiger partial charge in [0.15, 0.2) is 5.82 Å². The molecule has 11 heteroatoms. The first kappa shape index (κ1) is 27.5. The van der Waals surface area contributed by atoms with Crippen molar-refractivity contribution < 1.29 is 23.1 Å². The predicted molar refractivity (Wildman–Crippen MR) is 146 cm³/mol. The Bertz CT molecular complexity index is 1360. The monoisotopic (exact) mass is 552 g/mol. The second-order valence-corrected chi connectivity index (χ2v) is 11.2. The lowest BCUT2D eigenvalue weighted by Crippen LogP contribution is -2.49. The summed E-state index contributed by atoms with van der Waals surface area (Å²) >= 11 is 0. The quantitative estimate of drug-likeness (QED) is 0.470. The van der Waals surface area contributed by atoms with Gasteiger partial charge in [-0.1, -0.05) is 6.07 Å². The number of piperazine rings is 1. The summed E-state index contributed by atoms with van der Waals surface area (Å²) in [6.07, 6.45) is 3.93. The Labute approximate surface area is 232 Å². The Kier molecular flexibility index (Phi) is 7.73. The summed E-state index contributed by atoms with van der Waals surface area (Å²) in [7, 11) is 0. The molecule has 2 amide bonds. The fourth-order valence-electron chi connectivity index (χ4n) is 5.27. The van der Waals surface area contributed by atoms with E-state index in [-0.39, 0.29) is 23.6 Å². The largest absolute Gasteiger partial charge is 0.444 e. The summed E-state index contributed by atoms with van der Waals surface area (Å²) < 4.78 is 35.5. The van der Waals surface area contributed by atoms with E-state index in [0.717, 1.165) is 11.9 Å². The zero-order chi connectivity index (χ0) is 28.4. The molecule has 5 rings (SSSR count). The predicted octanol–water partition coefficient (Wildman–Crippen LogP) is 4.62. The van der Waals surface area contributed by atoms with Crippen molar-refractivity contribution in [1.29, 1.82) is 0 Å². The first-order valence-electron chi connectivity index (χ1n) is 13.6. The van der Waals surface area contributed by atoms with Crippen molar-refractivity contribution in [3.8, 4) is 5.69 Å². The minimum absolute atomic E-state index is 0.0741. The van der Waals surface area contributed by atoms with E-state index in [9.17, 15) is 18.4 Å². The molecule has 2 aromatic heterocycles. The molecule has 1 aromatic carbocycles. The van der Waals surface area contributed by atoms with Gasteiger partial charge < -0.3 is 19.4 Å². The fraction of sp³-hybridized carbons (Fsp3) is 0.448. The van der Waals surface area contributed by atoms with Crippen LogP contribution >= 0.6 is 0 Å². The summed E-state index contributed by atoms with van der Waals surface area (Å²) in [6.45, 7) is 8.58. The number of carbonyl (C=O) groups is 2.